The van der Waals surface area contributed by atoms with Crippen LogP contribution in [0.2, 0.25) is 5.02 Å². The molecule has 0 unspecified atom stereocenters. The lowest BCUT2D eigenvalue weighted by atomic mass is 10.2. The second-order valence-corrected chi connectivity index (χ2v) is 8.68. The van der Waals surface area contributed by atoms with Gasteiger partial charge in [0.1, 0.15) is 6.54 Å². The number of halogens is 1. The number of pyridine rings is 1. The van der Waals surface area contributed by atoms with E-state index in [1.54, 1.807) is 54.9 Å². The molecule has 0 bridgehead atoms. The maximum Gasteiger partial charge on any atom is 0.264 e. The van der Waals surface area contributed by atoms with Gasteiger partial charge in [-0.1, -0.05) is 41.4 Å². The smallest absolute Gasteiger partial charge is 0.264 e. The number of hydrazone groups is 1. The highest BCUT2D eigenvalue weighted by Gasteiger charge is 2.27. The van der Waals surface area contributed by atoms with Gasteiger partial charge in [-0.05, 0) is 43.3 Å². The van der Waals surface area contributed by atoms with Gasteiger partial charge in [0.2, 0.25) is 0 Å². The molecule has 2 aromatic carbocycles. The summed E-state index contributed by atoms with van der Waals surface area (Å²) in [6.45, 7) is 1.39. The topological polar surface area (TPSA) is 91.7 Å². The summed E-state index contributed by atoms with van der Waals surface area (Å²) >= 11 is 6.04. The number of carbonyl (C=O) groups is 1. The van der Waals surface area contributed by atoms with Gasteiger partial charge >= 0.3 is 0 Å². The number of anilines is 1. The number of aryl methyl sites for hydroxylation is 1. The molecule has 0 saturated heterocycles. The molecule has 1 N–H and O–H groups in total. The minimum Gasteiger partial charge on any atom is -0.271 e. The molecule has 154 valence electrons. The zero-order chi connectivity index (χ0) is 21.6. The zero-order valence-corrected chi connectivity index (χ0v) is 17.6. The number of carbonyl (C=O) groups excluding carboxylic acids is 1. The van der Waals surface area contributed by atoms with Gasteiger partial charge in [0.25, 0.3) is 15.9 Å². The highest BCUT2D eigenvalue weighted by atomic mass is 35.5. The van der Waals surface area contributed by atoms with Crippen LogP contribution in [0.1, 0.15) is 11.1 Å². The number of nitrogens with zero attached hydrogens (tertiary/aromatic N) is 3. The standard InChI is InChI=1S/C21H19ClN4O3S/c1-16-7-9-20(10-8-16)30(28,29)26(19-6-2-5-18(22)12-19)15-21(27)25-24-14-17-4-3-11-23-13-17/h2-14H,15H2,1H3,(H,25,27)/b24-14-. The molecule has 1 amide bonds. The van der Waals surface area contributed by atoms with Crippen LogP contribution in [0.3, 0.4) is 0 Å². The zero-order valence-electron chi connectivity index (χ0n) is 16.1. The summed E-state index contributed by atoms with van der Waals surface area (Å²) in [6, 6.07) is 16.2. The summed E-state index contributed by atoms with van der Waals surface area (Å²) in [6.07, 6.45) is 4.62. The predicted molar refractivity (Wildman–Crippen MR) is 117 cm³/mol. The average molecular weight is 443 g/mol. The highest BCUT2D eigenvalue weighted by Crippen LogP contribution is 2.26. The monoisotopic (exact) mass is 442 g/mol. The molecule has 0 aliphatic heterocycles. The van der Waals surface area contributed by atoms with Gasteiger partial charge < -0.3 is 0 Å². The predicted octanol–water partition coefficient (Wildman–Crippen LogP) is 3.39. The number of nitrogens with one attached hydrogen (secondary N) is 1. The largest absolute Gasteiger partial charge is 0.271 e. The van der Waals surface area contributed by atoms with Crippen molar-refractivity contribution in [2.75, 3.05) is 10.8 Å². The Morgan fingerprint density at radius 2 is 1.93 bits per heavy atom. The van der Waals surface area contributed by atoms with Crippen molar-refractivity contribution in [2.24, 2.45) is 5.10 Å². The molecule has 1 heterocycles. The van der Waals surface area contributed by atoms with Crippen molar-refractivity contribution in [3.05, 3.63) is 89.2 Å². The molecule has 0 radical (unpaired) electrons. The Kier molecular flexibility index (Phi) is 6.81. The van der Waals surface area contributed by atoms with Crippen LogP contribution < -0.4 is 9.73 Å². The molecule has 0 fully saturated rings. The minimum atomic E-state index is -4.01. The molecular formula is C21H19ClN4O3S. The minimum absolute atomic E-state index is 0.0692. The maximum atomic E-state index is 13.2. The van der Waals surface area contributed by atoms with Crippen molar-refractivity contribution < 1.29 is 13.2 Å². The lowest BCUT2D eigenvalue weighted by Crippen LogP contribution is -2.39. The molecule has 3 rings (SSSR count). The summed E-state index contributed by atoms with van der Waals surface area (Å²) in [5.74, 6) is -0.606. The first kappa shape index (κ1) is 21.5. The fourth-order valence-electron chi connectivity index (χ4n) is 2.58. The molecule has 0 aliphatic carbocycles. The number of rotatable bonds is 7. The third kappa shape index (κ3) is 5.43. The molecule has 9 heteroatoms. The Hall–Kier alpha value is -3.23. The molecule has 0 spiro atoms. The van der Waals surface area contributed by atoms with E-state index in [0.717, 1.165) is 9.87 Å². The molecular weight excluding hydrogens is 424 g/mol. The van der Waals surface area contributed by atoms with Crippen molar-refractivity contribution in [1.29, 1.82) is 0 Å². The second-order valence-electron chi connectivity index (χ2n) is 6.38. The average Bonchev–Trinajstić information content (AvgIpc) is 2.73. The van der Waals surface area contributed by atoms with Crippen LogP contribution in [0.4, 0.5) is 5.69 Å². The molecule has 7 nitrogen and oxygen atoms in total. The number of amides is 1. The molecule has 3 aromatic rings. The van der Waals surface area contributed by atoms with Crippen LogP contribution in [0, 0.1) is 6.92 Å². The maximum absolute atomic E-state index is 13.2. The lowest BCUT2D eigenvalue weighted by molar-refractivity contribution is -0.119. The molecule has 30 heavy (non-hydrogen) atoms. The van der Waals surface area contributed by atoms with Gasteiger partial charge in [0.15, 0.2) is 0 Å². The van der Waals surface area contributed by atoms with Gasteiger partial charge in [-0.15, -0.1) is 0 Å². The van der Waals surface area contributed by atoms with Crippen LogP contribution in [0.15, 0.2) is 83.1 Å². The van der Waals surface area contributed by atoms with Crippen LogP contribution in [0.5, 0.6) is 0 Å². The number of aromatic nitrogens is 1. The van der Waals surface area contributed by atoms with E-state index in [1.165, 1.54) is 24.4 Å². The first-order chi connectivity index (χ1) is 14.4. The Labute approximate surface area is 180 Å². The summed E-state index contributed by atoms with van der Waals surface area (Å²) in [5.41, 5.74) is 4.23. The number of hydrogen-bond donors (Lipinski definition) is 1. The normalized spacial score (nSPS) is 11.4. The van der Waals surface area contributed by atoms with Crippen LogP contribution in [-0.4, -0.2) is 32.1 Å². The second kappa shape index (κ2) is 9.51. The summed E-state index contributed by atoms with van der Waals surface area (Å²) in [7, 11) is -4.01. The van der Waals surface area contributed by atoms with Gasteiger partial charge in [-0.25, -0.2) is 13.8 Å². The quantitative estimate of drug-likeness (QED) is 0.448. The lowest BCUT2D eigenvalue weighted by Gasteiger charge is -2.24. The van der Waals surface area contributed by atoms with Crippen molar-refractivity contribution in [3.8, 4) is 0 Å². The molecule has 1 aromatic heterocycles. The third-order valence-corrected chi connectivity index (χ3v) is 6.10. The molecule has 0 atom stereocenters. The van der Waals surface area contributed by atoms with E-state index < -0.39 is 22.5 Å². The van der Waals surface area contributed by atoms with Gasteiger partial charge in [-0.2, -0.15) is 5.10 Å². The van der Waals surface area contributed by atoms with E-state index in [4.69, 9.17) is 11.6 Å². The van der Waals surface area contributed by atoms with Crippen molar-refractivity contribution in [1.82, 2.24) is 10.4 Å². The fourth-order valence-corrected chi connectivity index (χ4v) is 4.18. The Balaban J connectivity index is 1.85. The van der Waals surface area contributed by atoms with E-state index in [-0.39, 0.29) is 10.6 Å². The van der Waals surface area contributed by atoms with Crippen LogP contribution >= 0.6 is 11.6 Å². The first-order valence-corrected chi connectivity index (χ1v) is 10.7. The van der Waals surface area contributed by atoms with Gasteiger partial charge in [0.05, 0.1) is 16.8 Å². The van der Waals surface area contributed by atoms with E-state index in [9.17, 15) is 13.2 Å². The van der Waals surface area contributed by atoms with Crippen LogP contribution in [-0.2, 0) is 14.8 Å². The first-order valence-electron chi connectivity index (χ1n) is 8.93. The van der Waals surface area contributed by atoms with Crippen molar-refractivity contribution >= 4 is 39.4 Å². The molecule has 0 saturated carbocycles. The number of benzene rings is 2. The summed E-state index contributed by atoms with van der Waals surface area (Å²) in [4.78, 5) is 16.5. The van der Waals surface area contributed by atoms with Crippen molar-refractivity contribution in [2.45, 2.75) is 11.8 Å². The fraction of sp³-hybridized carbons (Fsp3) is 0.0952. The van der Waals surface area contributed by atoms with Crippen molar-refractivity contribution in [3.63, 3.8) is 0 Å². The Morgan fingerprint density at radius 1 is 1.17 bits per heavy atom. The molecule has 0 aliphatic rings. The SMILES string of the molecule is Cc1ccc(S(=O)(=O)N(CC(=O)N/N=C\c2cccnc2)c2cccc(Cl)c2)cc1. The van der Waals surface area contributed by atoms with E-state index in [1.807, 2.05) is 6.92 Å². The highest BCUT2D eigenvalue weighted by molar-refractivity contribution is 7.92. The summed E-state index contributed by atoms with van der Waals surface area (Å²) < 4.78 is 27.5. The van der Waals surface area contributed by atoms with E-state index in [2.05, 4.69) is 15.5 Å². The third-order valence-electron chi connectivity index (χ3n) is 4.08. The van der Waals surface area contributed by atoms with E-state index >= 15 is 0 Å². The Bertz CT molecular complexity index is 1150. The Morgan fingerprint density at radius 3 is 2.60 bits per heavy atom. The summed E-state index contributed by atoms with van der Waals surface area (Å²) in [5, 5.41) is 4.21. The number of hydrogen-bond acceptors (Lipinski definition) is 5. The van der Waals surface area contributed by atoms with Gasteiger partial charge in [0, 0.05) is 23.0 Å². The van der Waals surface area contributed by atoms with Crippen LogP contribution in [0.25, 0.3) is 0 Å². The van der Waals surface area contributed by atoms with E-state index in [0.29, 0.717) is 10.6 Å². The van der Waals surface area contributed by atoms with Gasteiger partial charge in [-0.3, -0.25) is 14.1 Å². The number of sulfonamides is 1.